The number of pyridine rings is 1. The predicted molar refractivity (Wildman–Crippen MR) is 112 cm³/mol. The molecule has 1 amide bonds. The van der Waals surface area contributed by atoms with Gasteiger partial charge in [-0.15, -0.1) is 0 Å². The fourth-order valence-corrected chi connectivity index (χ4v) is 4.18. The first-order chi connectivity index (χ1) is 12.3. The first-order valence-electron chi connectivity index (χ1n) is 8.69. The SMILES string of the molecule is CC(C)(C)OC(=O)N1CCCc2ccc(CCOc3ccc(I)s3)nc21. The van der Waals surface area contributed by atoms with E-state index in [0.717, 1.165) is 35.0 Å². The van der Waals surface area contributed by atoms with E-state index in [9.17, 15) is 4.79 Å². The van der Waals surface area contributed by atoms with Gasteiger partial charge in [0, 0.05) is 18.7 Å². The summed E-state index contributed by atoms with van der Waals surface area (Å²) in [5, 5.41) is 0.919. The van der Waals surface area contributed by atoms with Crippen LogP contribution in [0.2, 0.25) is 0 Å². The van der Waals surface area contributed by atoms with Gasteiger partial charge in [0.2, 0.25) is 0 Å². The smallest absolute Gasteiger partial charge is 0.416 e. The molecular weight excluding hydrogens is 463 g/mol. The highest BCUT2D eigenvalue weighted by Crippen LogP contribution is 2.28. The topological polar surface area (TPSA) is 51.7 Å². The second kappa shape index (κ2) is 8.12. The summed E-state index contributed by atoms with van der Waals surface area (Å²) in [6.07, 6.45) is 2.23. The number of carbonyl (C=O) groups is 1. The molecule has 0 saturated heterocycles. The average Bonchev–Trinajstić information content (AvgIpc) is 2.98. The van der Waals surface area contributed by atoms with E-state index in [4.69, 9.17) is 14.5 Å². The zero-order valence-corrected chi connectivity index (χ0v) is 18.2. The number of ether oxygens (including phenoxy) is 2. The largest absolute Gasteiger partial charge is 0.484 e. The van der Waals surface area contributed by atoms with Crippen molar-refractivity contribution in [2.75, 3.05) is 18.1 Å². The fraction of sp³-hybridized carbons (Fsp3) is 0.474. The Morgan fingerprint density at radius 1 is 1.31 bits per heavy atom. The molecule has 26 heavy (non-hydrogen) atoms. The van der Waals surface area contributed by atoms with Gasteiger partial charge in [0.25, 0.3) is 0 Å². The fourth-order valence-electron chi connectivity index (χ4n) is 2.74. The van der Waals surface area contributed by atoms with Gasteiger partial charge in [0.1, 0.15) is 11.4 Å². The minimum absolute atomic E-state index is 0.326. The third-order valence-corrected chi connectivity index (χ3v) is 5.67. The van der Waals surface area contributed by atoms with Crippen molar-refractivity contribution in [3.63, 3.8) is 0 Å². The molecule has 5 nitrogen and oxygen atoms in total. The average molecular weight is 486 g/mol. The van der Waals surface area contributed by atoms with E-state index in [2.05, 4.69) is 28.7 Å². The Kier molecular flexibility index (Phi) is 6.06. The molecule has 2 aromatic rings. The molecular formula is C19H23IN2O3S. The van der Waals surface area contributed by atoms with Gasteiger partial charge in [-0.3, -0.25) is 4.90 Å². The molecule has 2 aromatic heterocycles. The van der Waals surface area contributed by atoms with Crippen molar-refractivity contribution in [1.29, 1.82) is 0 Å². The van der Waals surface area contributed by atoms with Crippen LogP contribution in [0.4, 0.5) is 10.6 Å². The Hall–Kier alpha value is -1.35. The number of thiophene rings is 1. The predicted octanol–water partition coefficient (Wildman–Crippen LogP) is 5.06. The second-order valence-corrected chi connectivity index (χ2v) is 10.1. The van der Waals surface area contributed by atoms with Gasteiger partial charge < -0.3 is 9.47 Å². The second-order valence-electron chi connectivity index (χ2n) is 7.18. The van der Waals surface area contributed by atoms with Crippen LogP contribution < -0.4 is 9.64 Å². The van der Waals surface area contributed by atoms with Crippen LogP contribution in [0.3, 0.4) is 0 Å². The number of halogens is 1. The van der Waals surface area contributed by atoms with Crippen molar-refractivity contribution in [3.05, 3.63) is 38.4 Å². The van der Waals surface area contributed by atoms with E-state index in [0.29, 0.717) is 19.6 Å². The minimum Gasteiger partial charge on any atom is -0.484 e. The Morgan fingerprint density at radius 3 is 2.81 bits per heavy atom. The number of aryl methyl sites for hydroxylation is 1. The quantitative estimate of drug-likeness (QED) is 0.568. The molecule has 0 spiro atoms. The lowest BCUT2D eigenvalue weighted by Crippen LogP contribution is -2.40. The normalized spacial score (nSPS) is 14.1. The van der Waals surface area contributed by atoms with Crippen molar-refractivity contribution in [2.24, 2.45) is 0 Å². The molecule has 0 N–H and O–H groups in total. The van der Waals surface area contributed by atoms with E-state index in [1.54, 1.807) is 16.2 Å². The lowest BCUT2D eigenvalue weighted by molar-refractivity contribution is 0.0576. The Morgan fingerprint density at radius 2 is 2.12 bits per heavy atom. The van der Waals surface area contributed by atoms with Crippen LogP contribution in [0, 0.1) is 2.88 Å². The van der Waals surface area contributed by atoms with Gasteiger partial charge in [0.15, 0.2) is 5.06 Å². The van der Waals surface area contributed by atoms with Gasteiger partial charge in [-0.25, -0.2) is 9.78 Å². The molecule has 3 heterocycles. The van der Waals surface area contributed by atoms with Crippen LogP contribution in [-0.2, 0) is 17.6 Å². The maximum absolute atomic E-state index is 12.5. The summed E-state index contributed by atoms with van der Waals surface area (Å²) in [6.45, 7) is 6.84. The number of carbonyl (C=O) groups excluding carboxylic acids is 1. The lowest BCUT2D eigenvalue weighted by Gasteiger charge is -2.31. The van der Waals surface area contributed by atoms with E-state index in [1.807, 2.05) is 39.0 Å². The lowest BCUT2D eigenvalue weighted by atomic mass is 10.1. The van der Waals surface area contributed by atoms with E-state index in [-0.39, 0.29) is 6.09 Å². The maximum atomic E-state index is 12.5. The van der Waals surface area contributed by atoms with E-state index < -0.39 is 5.60 Å². The monoisotopic (exact) mass is 486 g/mol. The molecule has 0 radical (unpaired) electrons. The molecule has 1 aliphatic heterocycles. The minimum atomic E-state index is -0.516. The van der Waals surface area contributed by atoms with E-state index >= 15 is 0 Å². The molecule has 1 aliphatic rings. The maximum Gasteiger partial charge on any atom is 0.416 e. The summed E-state index contributed by atoms with van der Waals surface area (Å²) in [6, 6.07) is 8.12. The van der Waals surface area contributed by atoms with Crippen molar-refractivity contribution in [3.8, 4) is 5.06 Å². The highest BCUT2D eigenvalue weighted by atomic mass is 127. The van der Waals surface area contributed by atoms with Gasteiger partial charge in [-0.05, 0) is 80.0 Å². The van der Waals surface area contributed by atoms with Crippen molar-refractivity contribution in [2.45, 2.75) is 45.6 Å². The molecule has 3 rings (SSSR count). The van der Waals surface area contributed by atoms with Crippen LogP contribution in [0.1, 0.15) is 38.4 Å². The van der Waals surface area contributed by atoms with Crippen molar-refractivity contribution >= 4 is 45.8 Å². The van der Waals surface area contributed by atoms with Crippen molar-refractivity contribution < 1.29 is 14.3 Å². The zero-order valence-electron chi connectivity index (χ0n) is 15.3. The molecule has 0 aliphatic carbocycles. The van der Waals surface area contributed by atoms with E-state index in [1.165, 1.54) is 2.88 Å². The summed E-state index contributed by atoms with van der Waals surface area (Å²) in [5.41, 5.74) is 1.50. The molecule has 140 valence electrons. The van der Waals surface area contributed by atoms with Crippen LogP contribution >= 0.6 is 33.9 Å². The number of aromatic nitrogens is 1. The third-order valence-electron chi connectivity index (χ3n) is 3.86. The molecule has 0 unspecified atom stereocenters. The van der Waals surface area contributed by atoms with Crippen LogP contribution in [0.15, 0.2) is 24.3 Å². The molecule has 7 heteroatoms. The standard InChI is InChI=1S/C19H23IN2O3S/c1-19(2,3)25-18(23)22-11-4-5-13-6-7-14(21-17(13)22)10-12-24-16-9-8-15(20)26-16/h6-9H,4-5,10-12H2,1-3H3. The number of hydrogen-bond acceptors (Lipinski definition) is 5. The number of amides is 1. The van der Waals surface area contributed by atoms with Crippen molar-refractivity contribution in [1.82, 2.24) is 4.98 Å². The highest BCUT2D eigenvalue weighted by molar-refractivity contribution is 14.1. The van der Waals surface area contributed by atoms with Crippen LogP contribution in [0.5, 0.6) is 5.06 Å². The number of rotatable bonds is 4. The number of hydrogen-bond donors (Lipinski definition) is 0. The molecule has 0 bridgehead atoms. The Bertz CT molecular complexity index is 785. The molecule has 0 aromatic carbocycles. The summed E-state index contributed by atoms with van der Waals surface area (Å²) in [5.74, 6) is 0.730. The van der Waals surface area contributed by atoms with Gasteiger partial charge in [-0.1, -0.05) is 17.4 Å². The first kappa shape index (κ1) is 19.4. The van der Waals surface area contributed by atoms with Gasteiger partial charge in [-0.2, -0.15) is 0 Å². The van der Waals surface area contributed by atoms with Crippen LogP contribution in [-0.4, -0.2) is 29.8 Å². The Labute approximate surface area is 171 Å². The third kappa shape index (κ3) is 5.09. The molecule has 0 atom stereocenters. The molecule has 0 saturated carbocycles. The summed E-state index contributed by atoms with van der Waals surface area (Å²) < 4.78 is 12.5. The summed E-state index contributed by atoms with van der Waals surface area (Å²) in [7, 11) is 0. The number of anilines is 1. The summed E-state index contributed by atoms with van der Waals surface area (Å²) in [4.78, 5) is 18.9. The zero-order chi connectivity index (χ0) is 18.7. The number of nitrogens with zero attached hydrogens (tertiary/aromatic N) is 2. The summed E-state index contributed by atoms with van der Waals surface area (Å²) >= 11 is 3.91. The Balaban J connectivity index is 1.68. The highest BCUT2D eigenvalue weighted by Gasteiger charge is 2.28. The number of fused-ring (bicyclic) bond motifs is 1. The first-order valence-corrected chi connectivity index (χ1v) is 10.6. The van der Waals surface area contributed by atoms with Gasteiger partial charge >= 0.3 is 6.09 Å². The van der Waals surface area contributed by atoms with Gasteiger partial charge in [0.05, 0.1) is 9.49 Å². The molecule has 0 fully saturated rings. The van der Waals surface area contributed by atoms with Crippen LogP contribution in [0.25, 0.3) is 0 Å².